The van der Waals surface area contributed by atoms with E-state index in [4.69, 9.17) is 0 Å². The lowest BCUT2D eigenvalue weighted by atomic mass is 9.95. The second-order valence-electron chi connectivity index (χ2n) is 7.88. The molecule has 1 saturated carbocycles. The Kier molecular flexibility index (Phi) is 4.61. The van der Waals surface area contributed by atoms with E-state index < -0.39 is 0 Å². The highest BCUT2D eigenvalue weighted by Gasteiger charge is 2.37. The summed E-state index contributed by atoms with van der Waals surface area (Å²) in [4.78, 5) is 17.3. The number of hydrogen-bond donors (Lipinski definition) is 0. The van der Waals surface area contributed by atoms with Crippen LogP contribution in [0.25, 0.3) is 5.65 Å². The fourth-order valence-electron chi connectivity index (χ4n) is 4.06. The van der Waals surface area contributed by atoms with Crippen LogP contribution in [-0.4, -0.2) is 49.7 Å². The number of nitrogens with zero attached hydrogens (tertiary/aromatic N) is 6. The van der Waals surface area contributed by atoms with Crippen LogP contribution in [0.3, 0.4) is 0 Å². The smallest absolute Gasteiger partial charge is 0.226 e. The van der Waals surface area contributed by atoms with Gasteiger partial charge in [-0.15, -0.1) is 15.3 Å². The highest BCUT2D eigenvalue weighted by molar-refractivity contribution is 5.80. The van der Waals surface area contributed by atoms with Gasteiger partial charge < -0.3 is 9.80 Å². The van der Waals surface area contributed by atoms with Crippen LogP contribution in [0.2, 0.25) is 0 Å². The molecule has 0 N–H and O–H groups in total. The van der Waals surface area contributed by atoms with Crippen LogP contribution in [0.4, 0.5) is 10.2 Å². The normalized spacial score (nSPS) is 17.6. The van der Waals surface area contributed by atoms with Gasteiger partial charge >= 0.3 is 0 Å². The SMILES string of the molecule is O=C(C1CCN(c2ccc3nncn3n2)CC1)N(Cc1ccccc1F)C1CC1. The van der Waals surface area contributed by atoms with E-state index in [1.165, 1.54) is 6.07 Å². The molecule has 1 aromatic carbocycles. The number of aromatic nitrogens is 4. The first-order valence-corrected chi connectivity index (χ1v) is 10.1. The zero-order valence-corrected chi connectivity index (χ0v) is 16.1. The molecule has 150 valence electrons. The molecule has 2 aromatic heterocycles. The predicted octanol–water partition coefficient (Wildman–Crippen LogP) is 2.67. The molecule has 3 heterocycles. The summed E-state index contributed by atoms with van der Waals surface area (Å²) in [5.41, 5.74) is 1.31. The van der Waals surface area contributed by atoms with Gasteiger partial charge in [-0.25, -0.2) is 4.39 Å². The third kappa shape index (κ3) is 3.66. The van der Waals surface area contributed by atoms with Crippen molar-refractivity contribution in [2.45, 2.75) is 38.3 Å². The summed E-state index contributed by atoms with van der Waals surface area (Å²) in [5.74, 6) is 0.778. The highest BCUT2D eigenvalue weighted by atomic mass is 19.1. The summed E-state index contributed by atoms with van der Waals surface area (Å²) < 4.78 is 15.8. The van der Waals surface area contributed by atoms with Crippen LogP contribution in [0, 0.1) is 11.7 Å². The first-order chi connectivity index (χ1) is 14.2. The van der Waals surface area contributed by atoms with Gasteiger partial charge in [0.15, 0.2) is 5.65 Å². The number of carbonyl (C=O) groups excluding carboxylic acids is 1. The van der Waals surface area contributed by atoms with Gasteiger partial charge in [-0.3, -0.25) is 4.79 Å². The summed E-state index contributed by atoms with van der Waals surface area (Å²) in [6.45, 7) is 1.91. The fraction of sp³-hybridized carbons (Fsp3) is 0.429. The molecule has 0 bridgehead atoms. The number of benzene rings is 1. The monoisotopic (exact) mass is 394 g/mol. The standard InChI is InChI=1S/C21H23FN6O/c22-18-4-2-1-3-16(18)13-27(17-5-6-17)21(29)15-9-11-26(12-10-15)20-8-7-19-24-23-14-28(19)25-20/h1-4,7-8,14-15,17H,5-6,9-13H2. The fourth-order valence-corrected chi connectivity index (χ4v) is 4.06. The lowest BCUT2D eigenvalue weighted by Crippen LogP contribution is -2.43. The maximum absolute atomic E-state index is 14.1. The molecule has 0 spiro atoms. The number of anilines is 1. The minimum Gasteiger partial charge on any atom is -0.355 e. The molecule has 0 unspecified atom stereocenters. The van der Waals surface area contributed by atoms with E-state index in [-0.39, 0.29) is 23.7 Å². The van der Waals surface area contributed by atoms with Crippen molar-refractivity contribution in [2.24, 2.45) is 5.92 Å². The quantitative estimate of drug-likeness (QED) is 0.666. The van der Waals surface area contributed by atoms with Gasteiger partial charge in [-0.2, -0.15) is 4.52 Å². The molecular weight excluding hydrogens is 371 g/mol. The Balaban J connectivity index is 1.25. The summed E-state index contributed by atoms with van der Waals surface area (Å²) in [7, 11) is 0. The Morgan fingerprint density at radius 1 is 1.10 bits per heavy atom. The zero-order chi connectivity index (χ0) is 19.8. The van der Waals surface area contributed by atoms with Gasteiger partial charge in [0.2, 0.25) is 5.91 Å². The van der Waals surface area contributed by atoms with E-state index in [1.807, 2.05) is 23.1 Å². The van der Waals surface area contributed by atoms with E-state index >= 15 is 0 Å². The topological polar surface area (TPSA) is 66.6 Å². The molecule has 29 heavy (non-hydrogen) atoms. The highest BCUT2D eigenvalue weighted by Crippen LogP contribution is 2.32. The number of fused-ring (bicyclic) bond motifs is 1. The second kappa shape index (κ2) is 7.42. The van der Waals surface area contributed by atoms with E-state index in [1.54, 1.807) is 23.0 Å². The number of rotatable bonds is 5. The van der Waals surface area contributed by atoms with Gasteiger partial charge in [0.1, 0.15) is 18.0 Å². The van der Waals surface area contributed by atoms with Crippen molar-refractivity contribution >= 4 is 17.4 Å². The van der Waals surface area contributed by atoms with E-state index in [9.17, 15) is 9.18 Å². The van der Waals surface area contributed by atoms with Crippen LogP contribution in [0.5, 0.6) is 0 Å². The third-order valence-electron chi connectivity index (χ3n) is 5.89. The maximum Gasteiger partial charge on any atom is 0.226 e. The molecule has 3 aromatic rings. The van der Waals surface area contributed by atoms with Crippen molar-refractivity contribution in [3.05, 3.63) is 54.1 Å². The molecule has 0 radical (unpaired) electrons. The molecule has 2 aliphatic rings. The van der Waals surface area contributed by atoms with Gasteiger partial charge in [0.25, 0.3) is 0 Å². The van der Waals surface area contributed by atoms with Crippen molar-refractivity contribution in [3.8, 4) is 0 Å². The average Bonchev–Trinajstić information content (AvgIpc) is 3.49. The Bertz CT molecular complexity index is 1020. The van der Waals surface area contributed by atoms with E-state index in [2.05, 4.69) is 20.2 Å². The minimum absolute atomic E-state index is 0.0164. The predicted molar refractivity (Wildman–Crippen MR) is 106 cm³/mol. The van der Waals surface area contributed by atoms with Crippen LogP contribution < -0.4 is 4.90 Å². The number of halogens is 1. The molecule has 0 atom stereocenters. The summed E-state index contributed by atoms with van der Waals surface area (Å²) in [6, 6.07) is 10.8. The maximum atomic E-state index is 14.1. The first kappa shape index (κ1) is 18.0. The lowest BCUT2D eigenvalue weighted by Gasteiger charge is -2.35. The van der Waals surface area contributed by atoms with Gasteiger partial charge in [-0.1, -0.05) is 18.2 Å². The Morgan fingerprint density at radius 3 is 2.66 bits per heavy atom. The van der Waals surface area contributed by atoms with Crippen LogP contribution in [0.15, 0.2) is 42.7 Å². The summed E-state index contributed by atoms with van der Waals surface area (Å²) in [5, 5.41) is 12.4. The summed E-state index contributed by atoms with van der Waals surface area (Å²) >= 11 is 0. The number of amides is 1. The number of hydrogen-bond acceptors (Lipinski definition) is 5. The van der Waals surface area contributed by atoms with Crippen molar-refractivity contribution < 1.29 is 9.18 Å². The average molecular weight is 394 g/mol. The Labute approximate surface area is 168 Å². The van der Waals surface area contributed by atoms with Crippen molar-refractivity contribution in [1.29, 1.82) is 0 Å². The van der Waals surface area contributed by atoms with Gasteiger partial charge in [0, 0.05) is 37.2 Å². The Hall–Kier alpha value is -3.03. The molecule has 1 aliphatic heterocycles. The second-order valence-corrected chi connectivity index (χ2v) is 7.88. The molecule has 2 fully saturated rings. The molecule has 5 rings (SSSR count). The number of carbonyl (C=O) groups is 1. The van der Waals surface area contributed by atoms with Crippen molar-refractivity contribution in [2.75, 3.05) is 18.0 Å². The largest absolute Gasteiger partial charge is 0.355 e. The molecular formula is C21H23FN6O. The minimum atomic E-state index is -0.240. The van der Waals surface area contributed by atoms with E-state index in [0.717, 1.165) is 44.6 Å². The molecule has 1 saturated heterocycles. The van der Waals surface area contributed by atoms with Crippen LogP contribution in [0.1, 0.15) is 31.2 Å². The van der Waals surface area contributed by atoms with Gasteiger partial charge in [-0.05, 0) is 43.9 Å². The van der Waals surface area contributed by atoms with E-state index in [0.29, 0.717) is 17.8 Å². The first-order valence-electron chi connectivity index (χ1n) is 10.1. The molecule has 7 nitrogen and oxygen atoms in total. The summed E-state index contributed by atoms with van der Waals surface area (Å²) in [6.07, 6.45) is 5.18. The van der Waals surface area contributed by atoms with Crippen molar-refractivity contribution in [1.82, 2.24) is 24.7 Å². The molecule has 1 amide bonds. The van der Waals surface area contributed by atoms with Crippen LogP contribution >= 0.6 is 0 Å². The van der Waals surface area contributed by atoms with Crippen molar-refractivity contribution in [3.63, 3.8) is 0 Å². The number of piperidine rings is 1. The van der Waals surface area contributed by atoms with Crippen LogP contribution in [-0.2, 0) is 11.3 Å². The lowest BCUT2D eigenvalue weighted by molar-refractivity contribution is -0.137. The zero-order valence-electron chi connectivity index (χ0n) is 16.1. The molecule has 1 aliphatic carbocycles. The third-order valence-corrected chi connectivity index (χ3v) is 5.89. The molecule has 8 heteroatoms. The van der Waals surface area contributed by atoms with Gasteiger partial charge in [0.05, 0.1) is 0 Å². The Morgan fingerprint density at radius 2 is 1.90 bits per heavy atom.